The fourth-order valence-corrected chi connectivity index (χ4v) is 2.53. The topological polar surface area (TPSA) is 30.0 Å². The van der Waals surface area contributed by atoms with E-state index in [0.717, 1.165) is 23.5 Å². The van der Waals surface area contributed by atoms with Gasteiger partial charge < -0.3 is 0 Å². The quantitative estimate of drug-likeness (QED) is 0.476. The molecule has 0 amide bonds. The van der Waals surface area contributed by atoms with E-state index in [-0.39, 0.29) is 22.1 Å². The van der Waals surface area contributed by atoms with Gasteiger partial charge in [0, 0.05) is 10.9 Å². The molecule has 20 heavy (non-hydrogen) atoms. The van der Waals surface area contributed by atoms with E-state index in [2.05, 4.69) is 4.98 Å². The van der Waals surface area contributed by atoms with Crippen LogP contribution in [0.1, 0.15) is 16.1 Å². The SMILES string of the molecule is O=C(CCl)c1csc(-c2ccc(F)cc2C(F)(F)F)n1. The van der Waals surface area contributed by atoms with E-state index < -0.39 is 23.3 Å². The van der Waals surface area contributed by atoms with Crippen molar-refractivity contribution in [3.8, 4) is 10.6 Å². The first-order valence-corrected chi connectivity index (χ1v) is 6.66. The minimum atomic E-state index is -4.71. The number of Topliss-reactive ketones (excluding diaryl/α,β-unsaturated/α-hetero) is 1. The summed E-state index contributed by atoms with van der Waals surface area (Å²) in [5.74, 6) is -1.78. The zero-order valence-corrected chi connectivity index (χ0v) is 11.2. The maximum Gasteiger partial charge on any atom is 0.417 e. The molecule has 0 fully saturated rings. The molecule has 2 aromatic rings. The fourth-order valence-electron chi connectivity index (χ4n) is 1.53. The molecule has 0 aliphatic carbocycles. The Balaban J connectivity index is 2.53. The number of alkyl halides is 4. The molecule has 1 aromatic carbocycles. The first-order chi connectivity index (χ1) is 9.32. The molecule has 0 atom stereocenters. The number of benzene rings is 1. The Bertz CT molecular complexity index is 653. The molecule has 0 unspecified atom stereocenters. The number of hydrogen-bond acceptors (Lipinski definition) is 3. The lowest BCUT2D eigenvalue weighted by Gasteiger charge is -2.10. The molecule has 0 spiro atoms. The summed E-state index contributed by atoms with van der Waals surface area (Å²) in [7, 11) is 0. The number of thiazole rings is 1. The highest BCUT2D eigenvalue weighted by molar-refractivity contribution is 7.13. The van der Waals surface area contributed by atoms with Gasteiger partial charge in [-0.15, -0.1) is 22.9 Å². The Hall–Kier alpha value is -1.47. The summed E-state index contributed by atoms with van der Waals surface area (Å²) in [4.78, 5) is 15.1. The lowest BCUT2D eigenvalue weighted by Crippen LogP contribution is -2.08. The third kappa shape index (κ3) is 2.99. The van der Waals surface area contributed by atoms with Gasteiger partial charge >= 0.3 is 6.18 Å². The van der Waals surface area contributed by atoms with Gasteiger partial charge in [0.1, 0.15) is 16.5 Å². The van der Waals surface area contributed by atoms with Gasteiger partial charge in [0.15, 0.2) is 5.78 Å². The van der Waals surface area contributed by atoms with Crippen LogP contribution in [0.2, 0.25) is 0 Å². The molecule has 2 rings (SSSR count). The van der Waals surface area contributed by atoms with Gasteiger partial charge in [0.05, 0.1) is 11.4 Å². The van der Waals surface area contributed by atoms with E-state index in [4.69, 9.17) is 11.6 Å². The molecule has 2 nitrogen and oxygen atoms in total. The molecular formula is C12H6ClF4NOS. The predicted octanol–water partition coefficient (Wildman–Crippen LogP) is 4.39. The highest BCUT2D eigenvalue weighted by Gasteiger charge is 2.35. The van der Waals surface area contributed by atoms with Crippen molar-refractivity contribution in [1.29, 1.82) is 0 Å². The molecule has 1 heterocycles. The van der Waals surface area contributed by atoms with Crippen molar-refractivity contribution in [2.45, 2.75) is 6.18 Å². The largest absolute Gasteiger partial charge is 0.417 e. The second-order valence-electron chi connectivity index (χ2n) is 3.78. The van der Waals surface area contributed by atoms with Crippen LogP contribution in [-0.4, -0.2) is 16.6 Å². The number of aromatic nitrogens is 1. The monoisotopic (exact) mass is 323 g/mol. The molecule has 106 valence electrons. The van der Waals surface area contributed by atoms with Crippen molar-refractivity contribution in [3.63, 3.8) is 0 Å². The van der Waals surface area contributed by atoms with Gasteiger partial charge in [-0.25, -0.2) is 9.37 Å². The van der Waals surface area contributed by atoms with Crippen LogP contribution in [-0.2, 0) is 6.18 Å². The highest BCUT2D eigenvalue weighted by Crippen LogP contribution is 2.38. The fraction of sp³-hybridized carbons (Fsp3) is 0.167. The Morgan fingerprint density at radius 2 is 2.05 bits per heavy atom. The van der Waals surface area contributed by atoms with Crippen LogP contribution in [0, 0.1) is 5.82 Å². The maximum absolute atomic E-state index is 13.0. The van der Waals surface area contributed by atoms with E-state index in [1.54, 1.807) is 0 Å². The van der Waals surface area contributed by atoms with E-state index in [9.17, 15) is 22.4 Å². The van der Waals surface area contributed by atoms with E-state index >= 15 is 0 Å². The van der Waals surface area contributed by atoms with Crippen LogP contribution in [0.15, 0.2) is 23.6 Å². The number of halogens is 5. The Morgan fingerprint density at radius 1 is 1.35 bits per heavy atom. The van der Waals surface area contributed by atoms with Crippen molar-refractivity contribution in [3.05, 3.63) is 40.7 Å². The number of rotatable bonds is 3. The summed E-state index contributed by atoms with van der Waals surface area (Å²) in [5, 5.41) is 1.31. The van der Waals surface area contributed by atoms with E-state index in [0.29, 0.717) is 6.07 Å². The summed E-state index contributed by atoms with van der Waals surface area (Å²) in [6.07, 6.45) is -4.71. The minimum absolute atomic E-state index is 0.00236. The molecule has 8 heteroatoms. The molecule has 1 aromatic heterocycles. The van der Waals surface area contributed by atoms with E-state index in [1.807, 2.05) is 0 Å². The Labute approximate surface area is 120 Å². The second-order valence-corrected chi connectivity index (χ2v) is 4.91. The molecule has 0 radical (unpaired) electrons. The normalized spacial score (nSPS) is 11.7. The van der Waals surface area contributed by atoms with Crippen molar-refractivity contribution in [2.75, 3.05) is 5.88 Å². The van der Waals surface area contributed by atoms with Gasteiger partial charge in [0.25, 0.3) is 0 Å². The molecule has 0 N–H and O–H groups in total. The lowest BCUT2D eigenvalue weighted by molar-refractivity contribution is -0.137. The van der Waals surface area contributed by atoms with Gasteiger partial charge in [-0.1, -0.05) is 0 Å². The predicted molar refractivity (Wildman–Crippen MR) is 67.6 cm³/mol. The van der Waals surface area contributed by atoms with Crippen molar-refractivity contribution in [2.24, 2.45) is 0 Å². The standard InChI is InChI=1S/C12H6ClF4NOS/c13-4-10(19)9-5-20-11(18-9)7-2-1-6(14)3-8(7)12(15,16)17/h1-3,5H,4H2. The number of ketones is 1. The number of hydrogen-bond donors (Lipinski definition) is 0. The van der Waals surface area contributed by atoms with Gasteiger partial charge in [-0.3, -0.25) is 4.79 Å². The molecule has 0 saturated heterocycles. The zero-order chi connectivity index (χ0) is 14.9. The summed E-state index contributed by atoms with van der Waals surface area (Å²) < 4.78 is 51.6. The molecule has 0 bridgehead atoms. The minimum Gasteiger partial charge on any atom is -0.291 e. The van der Waals surface area contributed by atoms with Crippen LogP contribution >= 0.6 is 22.9 Å². The van der Waals surface area contributed by atoms with Gasteiger partial charge in [-0.2, -0.15) is 13.2 Å². The number of carbonyl (C=O) groups is 1. The van der Waals surface area contributed by atoms with Crippen LogP contribution in [0.25, 0.3) is 10.6 Å². The Morgan fingerprint density at radius 3 is 2.65 bits per heavy atom. The summed E-state index contributed by atoms with van der Waals surface area (Å²) in [5.41, 5.74) is -1.40. The first kappa shape index (κ1) is 14.9. The summed E-state index contributed by atoms with van der Waals surface area (Å²) in [6, 6.07) is 2.31. The second kappa shape index (κ2) is 5.49. The van der Waals surface area contributed by atoms with Gasteiger partial charge in [-0.05, 0) is 18.2 Å². The maximum atomic E-state index is 13.0. The molecule has 0 saturated carbocycles. The van der Waals surface area contributed by atoms with Gasteiger partial charge in [0.2, 0.25) is 0 Å². The average molecular weight is 324 g/mol. The first-order valence-electron chi connectivity index (χ1n) is 5.24. The van der Waals surface area contributed by atoms with Crippen LogP contribution < -0.4 is 0 Å². The average Bonchev–Trinajstić information content (AvgIpc) is 2.86. The summed E-state index contributed by atoms with van der Waals surface area (Å²) >= 11 is 6.22. The summed E-state index contributed by atoms with van der Waals surface area (Å²) in [6.45, 7) is 0. The zero-order valence-electron chi connectivity index (χ0n) is 9.67. The van der Waals surface area contributed by atoms with Crippen molar-refractivity contribution in [1.82, 2.24) is 4.98 Å². The van der Waals surface area contributed by atoms with Crippen molar-refractivity contribution < 1.29 is 22.4 Å². The highest BCUT2D eigenvalue weighted by atomic mass is 35.5. The number of nitrogens with zero attached hydrogens (tertiary/aromatic N) is 1. The Kier molecular flexibility index (Phi) is 4.10. The van der Waals surface area contributed by atoms with Crippen LogP contribution in [0.4, 0.5) is 17.6 Å². The third-order valence-electron chi connectivity index (χ3n) is 2.43. The molecular weight excluding hydrogens is 318 g/mol. The third-order valence-corrected chi connectivity index (χ3v) is 3.55. The molecule has 0 aliphatic rings. The van der Waals surface area contributed by atoms with Crippen LogP contribution in [0.3, 0.4) is 0 Å². The van der Waals surface area contributed by atoms with E-state index in [1.165, 1.54) is 5.38 Å². The smallest absolute Gasteiger partial charge is 0.291 e. The van der Waals surface area contributed by atoms with Crippen LogP contribution in [0.5, 0.6) is 0 Å². The lowest BCUT2D eigenvalue weighted by atomic mass is 10.1. The number of carbonyl (C=O) groups excluding carboxylic acids is 1. The van der Waals surface area contributed by atoms with Crippen molar-refractivity contribution >= 4 is 28.7 Å². The molecule has 0 aliphatic heterocycles.